The maximum atomic E-state index is 12.0. The molecule has 0 saturated heterocycles. The Hall–Kier alpha value is -2.42. The van der Waals surface area contributed by atoms with Crippen LogP contribution in [0.25, 0.3) is 0 Å². The maximum absolute atomic E-state index is 12.0. The fraction of sp³-hybridized carbons (Fsp3) is 0.500. The minimum atomic E-state index is -0.476. The number of rotatable bonds is 2. The van der Waals surface area contributed by atoms with Gasteiger partial charge in [0.1, 0.15) is 6.07 Å². The number of ether oxygens (including phenoxy) is 2. The van der Waals surface area contributed by atoms with Gasteiger partial charge in [0, 0.05) is 17.4 Å². The van der Waals surface area contributed by atoms with Gasteiger partial charge in [-0.15, -0.1) is 0 Å². The van der Waals surface area contributed by atoms with Crippen LogP contribution < -0.4 is 9.47 Å². The number of carbonyl (C=O) groups is 1. The third-order valence-electron chi connectivity index (χ3n) is 4.72. The van der Waals surface area contributed by atoms with Gasteiger partial charge in [0.15, 0.2) is 5.78 Å². The number of hydrogen-bond donors (Lipinski definition) is 0. The Morgan fingerprint density at radius 1 is 1.36 bits per heavy atom. The van der Waals surface area contributed by atoms with Crippen molar-refractivity contribution in [2.75, 3.05) is 14.2 Å². The van der Waals surface area contributed by atoms with Gasteiger partial charge < -0.3 is 9.47 Å². The van der Waals surface area contributed by atoms with E-state index >= 15 is 0 Å². The molecule has 1 aromatic rings. The van der Waals surface area contributed by atoms with E-state index in [9.17, 15) is 10.1 Å². The molecule has 6 nitrogen and oxygen atoms in total. The molecule has 0 fully saturated rings. The van der Waals surface area contributed by atoms with Gasteiger partial charge in [-0.2, -0.15) is 15.2 Å². The number of hydrogen-bond acceptors (Lipinski definition) is 6. The second-order valence-corrected chi connectivity index (χ2v) is 5.86. The Labute approximate surface area is 128 Å². The van der Waals surface area contributed by atoms with Crippen molar-refractivity contribution >= 4 is 5.78 Å². The van der Waals surface area contributed by atoms with E-state index in [-0.39, 0.29) is 23.3 Å². The van der Waals surface area contributed by atoms with Gasteiger partial charge in [-0.3, -0.25) is 4.79 Å². The second-order valence-electron chi connectivity index (χ2n) is 5.86. The SMILES string of the molecule is COc1nc(OC)c2c(n1)C1(C)C=C(C#N)C(=O)CC1CC2. The first kappa shape index (κ1) is 14.5. The molecule has 0 saturated carbocycles. The van der Waals surface area contributed by atoms with Crippen LogP contribution in [0.5, 0.6) is 11.9 Å². The molecule has 2 aliphatic carbocycles. The Morgan fingerprint density at radius 3 is 2.77 bits per heavy atom. The highest BCUT2D eigenvalue weighted by molar-refractivity contribution is 6.00. The van der Waals surface area contributed by atoms with Gasteiger partial charge in [-0.1, -0.05) is 13.0 Å². The first-order valence-corrected chi connectivity index (χ1v) is 7.19. The van der Waals surface area contributed by atoms with Crippen LogP contribution >= 0.6 is 0 Å². The zero-order valence-electron chi connectivity index (χ0n) is 12.8. The Bertz CT molecular complexity index is 720. The molecule has 0 aliphatic heterocycles. The summed E-state index contributed by atoms with van der Waals surface area (Å²) in [6, 6.07) is 2.24. The summed E-state index contributed by atoms with van der Waals surface area (Å²) in [5.74, 6) is 0.556. The topological polar surface area (TPSA) is 85.1 Å². The van der Waals surface area contributed by atoms with Crippen molar-refractivity contribution in [3.05, 3.63) is 22.9 Å². The summed E-state index contributed by atoms with van der Waals surface area (Å²) in [5, 5.41) is 9.19. The summed E-state index contributed by atoms with van der Waals surface area (Å²) in [6.45, 7) is 2.02. The van der Waals surface area contributed by atoms with Crippen LogP contribution in [0.1, 0.15) is 31.0 Å². The number of aromatic nitrogens is 2. The standard InChI is InChI=1S/C16H17N3O3/c1-16-7-9(8-17)12(20)6-10(16)4-5-11-13(16)18-15(22-3)19-14(11)21-2/h7,10H,4-6H2,1-3H3. The molecule has 22 heavy (non-hydrogen) atoms. The van der Waals surface area contributed by atoms with Crippen molar-refractivity contribution in [3.63, 3.8) is 0 Å². The molecule has 2 aliphatic rings. The summed E-state index contributed by atoms with van der Waals surface area (Å²) < 4.78 is 10.5. The number of carbonyl (C=O) groups excluding carboxylic acids is 1. The number of methoxy groups -OCH3 is 2. The predicted molar refractivity (Wildman–Crippen MR) is 77.6 cm³/mol. The summed E-state index contributed by atoms with van der Waals surface area (Å²) in [6.07, 6.45) is 3.74. The molecule has 1 aromatic heterocycles. The lowest BCUT2D eigenvalue weighted by Gasteiger charge is -2.42. The van der Waals surface area contributed by atoms with E-state index in [1.165, 1.54) is 7.11 Å². The molecule has 3 rings (SSSR count). The number of nitrogens with zero attached hydrogens (tertiary/aromatic N) is 3. The van der Waals surface area contributed by atoms with E-state index in [1.807, 2.05) is 13.0 Å². The van der Waals surface area contributed by atoms with Crippen molar-refractivity contribution in [2.24, 2.45) is 5.92 Å². The molecule has 0 radical (unpaired) electrons. The Morgan fingerprint density at radius 2 is 2.14 bits per heavy atom. The minimum Gasteiger partial charge on any atom is -0.481 e. The summed E-state index contributed by atoms with van der Waals surface area (Å²) in [5.41, 5.74) is 1.47. The molecule has 1 heterocycles. The molecule has 0 N–H and O–H groups in total. The highest BCUT2D eigenvalue weighted by atomic mass is 16.5. The highest BCUT2D eigenvalue weighted by Crippen LogP contribution is 2.48. The monoisotopic (exact) mass is 299 g/mol. The number of allylic oxidation sites excluding steroid dienone is 2. The number of fused-ring (bicyclic) bond motifs is 3. The molecule has 0 bridgehead atoms. The first-order chi connectivity index (χ1) is 10.5. The van der Waals surface area contributed by atoms with Crippen LogP contribution in [0.2, 0.25) is 0 Å². The van der Waals surface area contributed by atoms with E-state index < -0.39 is 5.41 Å². The van der Waals surface area contributed by atoms with E-state index in [1.54, 1.807) is 13.2 Å². The van der Waals surface area contributed by atoms with Crippen molar-refractivity contribution in [3.8, 4) is 18.0 Å². The second kappa shape index (κ2) is 5.09. The van der Waals surface area contributed by atoms with Crippen molar-refractivity contribution in [2.45, 2.75) is 31.6 Å². The van der Waals surface area contributed by atoms with E-state index in [4.69, 9.17) is 9.47 Å². The molecular weight excluding hydrogens is 282 g/mol. The maximum Gasteiger partial charge on any atom is 0.319 e. The molecule has 0 aromatic carbocycles. The Kier molecular flexibility index (Phi) is 3.36. The van der Waals surface area contributed by atoms with Crippen molar-refractivity contribution in [1.82, 2.24) is 9.97 Å². The van der Waals surface area contributed by atoms with Gasteiger partial charge >= 0.3 is 6.01 Å². The molecule has 2 atom stereocenters. The molecule has 0 amide bonds. The van der Waals surface area contributed by atoms with Crippen LogP contribution in [-0.4, -0.2) is 30.0 Å². The zero-order valence-corrected chi connectivity index (χ0v) is 12.8. The van der Waals surface area contributed by atoms with Crippen LogP contribution in [0.15, 0.2) is 11.6 Å². The van der Waals surface area contributed by atoms with Crippen LogP contribution in [0.4, 0.5) is 0 Å². The predicted octanol–water partition coefficient (Wildman–Crippen LogP) is 1.74. The highest BCUT2D eigenvalue weighted by Gasteiger charge is 2.46. The third kappa shape index (κ3) is 1.97. The first-order valence-electron chi connectivity index (χ1n) is 7.19. The van der Waals surface area contributed by atoms with Crippen molar-refractivity contribution in [1.29, 1.82) is 5.26 Å². The normalized spacial score (nSPS) is 26.4. The quantitative estimate of drug-likeness (QED) is 0.827. The average Bonchev–Trinajstić information content (AvgIpc) is 2.54. The Balaban J connectivity index is 2.24. The fourth-order valence-corrected chi connectivity index (χ4v) is 3.50. The summed E-state index contributed by atoms with van der Waals surface area (Å²) in [7, 11) is 3.07. The van der Waals surface area contributed by atoms with Gasteiger partial charge in [0.05, 0.1) is 25.5 Å². The van der Waals surface area contributed by atoms with Gasteiger partial charge in [-0.25, -0.2) is 0 Å². The van der Waals surface area contributed by atoms with Crippen molar-refractivity contribution < 1.29 is 14.3 Å². The van der Waals surface area contributed by atoms with E-state index in [2.05, 4.69) is 9.97 Å². The van der Waals surface area contributed by atoms with E-state index in [0.717, 1.165) is 24.1 Å². The summed E-state index contributed by atoms with van der Waals surface area (Å²) >= 11 is 0. The zero-order chi connectivity index (χ0) is 15.9. The molecule has 0 spiro atoms. The van der Waals surface area contributed by atoms with Gasteiger partial charge in [0.2, 0.25) is 5.88 Å². The van der Waals surface area contributed by atoms with E-state index in [0.29, 0.717) is 12.3 Å². The smallest absolute Gasteiger partial charge is 0.319 e. The molecule has 114 valence electrons. The number of nitriles is 1. The average molecular weight is 299 g/mol. The summed E-state index contributed by atoms with van der Waals surface area (Å²) in [4.78, 5) is 20.8. The van der Waals surface area contributed by atoms with Crippen LogP contribution in [0.3, 0.4) is 0 Å². The largest absolute Gasteiger partial charge is 0.481 e. The molecule has 6 heteroatoms. The molecule has 2 unspecified atom stereocenters. The lowest BCUT2D eigenvalue weighted by atomic mass is 9.61. The lowest BCUT2D eigenvalue weighted by molar-refractivity contribution is -0.117. The number of ketones is 1. The lowest BCUT2D eigenvalue weighted by Crippen LogP contribution is -2.41. The van der Waals surface area contributed by atoms with Gasteiger partial charge in [-0.05, 0) is 18.8 Å². The number of Topliss-reactive ketones (excluding diaryl/α,β-unsaturated/α-hetero) is 1. The molecular formula is C16H17N3O3. The van der Waals surface area contributed by atoms with Gasteiger partial charge in [0.25, 0.3) is 0 Å². The van der Waals surface area contributed by atoms with Crippen LogP contribution in [-0.2, 0) is 16.6 Å². The third-order valence-corrected chi connectivity index (χ3v) is 4.72. The minimum absolute atomic E-state index is 0.0820. The van der Waals surface area contributed by atoms with Crippen LogP contribution in [0, 0.1) is 17.2 Å². The fourth-order valence-electron chi connectivity index (χ4n) is 3.50.